The summed E-state index contributed by atoms with van der Waals surface area (Å²) in [6.45, 7) is 6.02. The van der Waals surface area contributed by atoms with E-state index >= 15 is 0 Å². The van der Waals surface area contributed by atoms with Gasteiger partial charge in [0, 0.05) is 24.5 Å². The quantitative estimate of drug-likeness (QED) is 0.879. The van der Waals surface area contributed by atoms with E-state index in [1.165, 1.54) is 30.5 Å². The fourth-order valence-corrected chi connectivity index (χ4v) is 3.03. The minimum absolute atomic E-state index is 0.147. The molecule has 4 heteroatoms. The van der Waals surface area contributed by atoms with Crippen molar-refractivity contribution in [1.29, 1.82) is 0 Å². The van der Waals surface area contributed by atoms with Crippen LogP contribution in [0.5, 0.6) is 5.75 Å². The summed E-state index contributed by atoms with van der Waals surface area (Å²) < 4.78 is 5.70. The highest BCUT2D eigenvalue weighted by atomic mass is 16.5. The van der Waals surface area contributed by atoms with Crippen molar-refractivity contribution < 1.29 is 9.53 Å². The highest BCUT2D eigenvalue weighted by Crippen LogP contribution is 2.22. The molecule has 3 rings (SSSR count). The Labute approximate surface area is 149 Å². The number of carbonyl (C=O) groups is 1. The normalized spacial score (nSPS) is 15.5. The fraction of sp³-hybridized carbons (Fsp3) is 0.381. The Morgan fingerprint density at radius 2 is 1.64 bits per heavy atom. The van der Waals surface area contributed by atoms with Crippen LogP contribution >= 0.6 is 0 Å². The van der Waals surface area contributed by atoms with E-state index in [1.54, 1.807) is 6.92 Å². The molecule has 1 aliphatic rings. The van der Waals surface area contributed by atoms with Crippen LogP contribution in [0.2, 0.25) is 0 Å². The number of benzene rings is 2. The summed E-state index contributed by atoms with van der Waals surface area (Å²) in [4.78, 5) is 14.7. The first kappa shape index (κ1) is 17.3. The molecule has 0 radical (unpaired) electrons. The van der Waals surface area contributed by atoms with Crippen molar-refractivity contribution in [3.63, 3.8) is 0 Å². The Bertz CT molecular complexity index is 689. The lowest BCUT2D eigenvalue weighted by atomic mass is 10.1. The Hall–Kier alpha value is -2.49. The summed E-state index contributed by atoms with van der Waals surface area (Å²) in [6, 6.07) is 15.8. The van der Waals surface area contributed by atoms with Crippen LogP contribution in [0.15, 0.2) is 48.5 Å². The van der Waals surface area contributed by atoms with E-state index in [2.05, 4.69) is 22.3 Å². The number of ether oxygens (including phenoxy) is 1. The van der Waals surface area contributed by atoms with Crippen LogP contribution < -0.4 is 15.0 Å². The lowest BCUT2D eigenvalue weighted by molar-refractivity contribution is -0.122. The van der Waals surface area contributed by atoms with Crippen molar-refractivity contribution in [3.05, 3.63) is 54.1 Å². The number of anilines is 2. The second-order valence-electron chi connectivity index (χ2n) is 6.66. The lowest BCUT2D eigenvalue weighted by Crippen LogP contribution is -2.30. The molecule has 4 nitrogen and oxygen atoms in total. The molecule has 0 bridgehead atoms. The maximum Gasteiger partial charge on any atom is 0.265 e. The number of hydrogen-bond donors (Lipinski definition) is 1. The van der Waals surface area contributed by atoms with Gasteiger partial charge in [0.25, 0.3) is 5.91 Å². The van der Waals surface area contributed by atoms with Gasteiger partial charge in [-0.2, -0.15) is 0 Å². The molecule has 132 valence electrons. The molecule has 1 heterocycles. The van der Waals surface area contributed by atoms with Crippen LogP contribution in [0.4, 0.5) is 11.4 Å². The molecule has 1 atom stereocenters. The first-order valence-corrected chi connectivity index (χ1v) is 9.01. The summed E-state index contributed by atoms with van der Waals surface area (Å²) in [6.07, 6.45) is 3.28. The van der Waals surface area contributed by atoms with Crippen molar-refractivity contribution in [2.45, 2.75) is 39.2 Å². The zero-order valence-corrected chi connectivity index (χ0v) is 15.0. The van der Waals surface area contributed by atoms with Gasteiger partial charge in [0.2, 0.25) is 0 Å². The molecule has 1 aliphatic heterocycles. The van der Waals surface area contributed by atoms with Crippen molar-refractivity contribution in [2.75, 3.05) is 23.3 Å². The topological polar surface area (TPSA) is 41.6 Å². The van der Waals surface area contributed by atoms with Gasteiger partial charge in [-0.3, -0.25) is 4.79 Å². The molecular weight excluding hydrogens is 312 g/mol. The Morgan fingerprint density at radius 1 is 1.00 bits per heavy atom. The molecule has 1 amide bonds. The van der Waals surface area contributed by atoms with Gasteiger partial charge in [-0.25, -0.2) is 0 Å². The molecular formula is C21H26N2O2. The van der Waals surface area contributed by atoms with Crippen LogP contribution in [0, 0.1) is 6.92 Å². The second kappa shape index (κ2) is 8.06. The first-order valence-electron chi connectivity index (χ1n) is 9.01. The standard InChI is InChI=1S/C21H26N2O2/c1-16-6-12-20(13-7-16)25-17(2)21(24)22-18-8-10-19(11-9-18)23-14-4-3-5-15-23/h6-13,17H,3-5,14-15H2,1-2H3,(H,22,24). The average Bonchev–Trinajstić information content (AvgIpc) is 2.65. The van der Waals surface area contributed by atoms with Crippen LogP contribution in [-0.4, -0.2) is 25.1 Å². The molecule has 2 aromatic rings. The summed E-state index contributed by atoms with van der Waals surface area (Å²) in [5.41, 5.74) is 3.19. The van der Waals surface area contributed by atoms with Crippen LogP contribution in [0.3, 0.4) is 0 Å². The molecule has 1 fully saturated rings. The van der Waals surface area contributed by atoms with E-state index in [9.17, 15) is 4.79 Å². The molecule has 2 aromatic carbocycles. The van der Waals surface area contributed by atoms with E-state index < -0.39 is 6.10 Å². The van der Waals surface area contributed by atoms with Gasteiger partial charge in [0.1, 0.15) is 5.75 Å². The first-order chi connectivity index (χ1) is 12.1. The number of hydrogen-bond acceptors (Lipinski definition) is 3. The Morgan fingerprint density at radius 3 is 2.28 bits per heavy atom. The summed E-state index contributed by atoms with van der Waals surface area (Å²) in [5, 5.41) is 2.92. The van der Waals surface area contributed by atoms with Crippen molar-refractivity contribution in [1.82, 2.24) is 0 Å². The molecule has 0 spiro atoms. The van der Waals surface area contributed by atoms with E-state index in [1.807, 2.05) is 43.3 Å². The monoisotopic (exact) mass is 338 g/mol. The number of amides is 1. The highest BCUT2D eigenvalue weighted by Gasteiger charge is 2.15. The van der Waals surface area contributed by atoms with Gasteiger partial charge in [-0.15, -0.1) is 0 Å². The summed E-state index contributed by atoms with van der Waals surface area (Å²) in [7, 11) is 0. The predicted octanol–water partition coefficient (Wildman–Crippen LogP) is 4.39. The van der Waals surface area contributed by atoms with E-state index in [-0.39, 0.29) is 5.91 Å². The predicted molar refractivity (Wildman–Crippen MR) is 102 cm³/mol. The molecule has 1 saturated heterocycles. The minimum Gasteiger partial charge on any atom is -0.481 e. The molecule has 1 N–H and O–H groups in total. The molecule has 0 saturated carbocycles. The average molecular weight is 338 g/mol. The largest absolute Gasteiger partial charge is 0.481 e. The number of carbonyl (C=O) groups excluding carboxylic acids is 1. The van der Waals surface area contributed by atoms with Gasteiger partial charge < -0.3 is 15.0 Å². The van der Waals surface area contributed by atoms with Gasteiger partial charge in [0.15, 0.2) is 6.10 Å². The third kappa shape index (κ3) is 4.75. The zero-order valence-electron chi connectivity index (χ0n) is 15.0. The molecule has 0 aliphatic carbocycles. The maximum atomic E-state index is 12.3. The van der Waals surface area contributed by atoms with Crippen LogP contribution in [0.25, 0.3) is 0 Å². The minimum atomic E-state index is -0.551. The summed E-state index contributed by atoms with van der Waals surface area (Å²) in [5.74, 6) is 0.556. The van der Waals surface area contributed by atoms with Crippen molar-refractivity contribution in [3.8, 4) is 5.75 Å². The third-order valence-corrected chi connectivity index (χ3v) is 4.56. The lowest BCUT2D eigenvalue weighted by Gasteiger charge is -2.28. The van der Waals surface area contributed by atoms with Gasteiger partial charge in [0.05, 0.1) is 0 Å². The van der Waals surface area contributed by atoms with Crippen molar-refractivity contribution in [2.24, 2.45) is 0 Å². The Balaban J connectivity index is 1.55. The van der Waals surface area contributed by atoms with E-state index in [0.29, 0.717) is 5.75 Å². The number of piperidine rings is 1. The van der Waals surface area contributed by atoms with Crippen molar-refractivity contribution >= 4 is 17.3 Å². The van der Waals surface area contributed by atoms with E-state index in [0.717, 1.165) is 18.8 Å². The Kier molecular flexibility index (Phi) is 5.59. The highest BCUT2D eigenvalue weighted by molar-refractivity contribution is 5.94. The molecule has 1 unspecified atom stereocenters. The smallest absolute Gasteiger partial charge is 0.265 e. The molecule has 0 aromatic heterocycles. The van der Waals surface area contributed by atoms with Crippen LogP contribution in [-0.2, 0) is 4.79 Å². The second-order valence-corrected chi connectivity index (χ2v) is 6.66. The number of rotatable bonds is 5. The number of nitrogens with one attached hydrogen (secondary N) is 1. The number of aryl methyl sites for hydroxylation is 1. The van der Waals surface area contributed by atoms with E-state index in [4.69, 9.17) is 4.74 Å². The fourth-order valence-electron chi connectivity index (χ4n) is 3.03. The van der Waals surface area contributed by atoms with Gasteiger partial charge >= 0.3 is 0 Å². The van der Waals surface area contributed by atoms with Gasteiger partial charge in [-0.1, -0.05) is 17.7 Å². The molecule has 25 heavy (non-hydrogen) atoms. The number of nitrogens with zero attached hydrogens (tertiary/aromatic N) is 1. The van der Waals surface area contributed by atoms with Crippen LogP contribution in [0.1, 0.15) is 31.7 Å². The SMILES string of the molecule is Cc1ccc(OC(C)C(=O)Nc2ccc(N3CCCCC3)cc2)cc1. The maximum absolute atomic E-state index is 12.3. The van der Waals surface area contributed by atoms with Gasteiger partial charge in [-0.05, 0) is 69.5 Å². The zero-order chi connectivity index (χ0) is 17.6. The third-order valence-electron chi connectivity index (χ3n) is 4.56. The summed E-state index contributed by atoms with van der Waals surface area (Å²) >= 11 is 0.